The van der Waals surface area contributed by atoms with Crippen molar-refractivity contribution in [2.45, 2.75) is 63.6 Å². The molecule has 1 aliphatic heterocycles. The van der Waals surface area contributed by atoms with Crippen LogP contribution in [-0.4, -0.2) is 18.3 Å². The quantitative estimate of drug-likeness (QED) is 0.640. The van der Waals surface area contributed by atoms with Gasteiger partial charge in [-0.1, -0.05) is 25.7 Å². The monoisotopic (exact) mass is 199 g/mol. The van der Waals surface area contributed by atoms with E-state index in [2.05, 4.69) is 12.2 Å². The summed E-state index contributed by atoms with van der Waals surface area (Å²) in [6, 6.07) is 0. The largest absolute Gasteiger partial charge is 0.309 e. The van der Waals surface area contributed by atoms with E-state index in [1.54, 1.807) is 0 Å². The zero-order chi connectivity index (χ0) is 10.0. The fourth-order valence-corrected chi connectivity index (χ4v) is 3.16. The third-order valence-electron chi connectivity index (χ3n) is 4.26. The molecule has 1 N–H and O–H groups in total. The van der Waals surface area contributed by atoms with Gasteiger partial charge in [-0.2, -0.15) is 0 Å². The first-order valence-corrected chi connectivity index (χ1v) is 6.12. The maximum absolute atomic E-state index is 13.8. The number of rotatable bonds is 1. The van der Waals surface area contributed by atoms with E-state index in [0.717, 1.165) is 6.54 Å². The van der Waals surface area contributed by atoms with Gasteiger partial charge in [-0.25, -0.2) is 4.39 Å². The Labute approximate surface area is 86.5 Å². The van der Waals surface area contributed by atoms with E-state index in [0.29, 0.717) is 12.3 Å². The number of hydrogen-bond acceptors (Lipinski definition) is 1. The Morgan fingerprint density at radius 3 is 2.21 bits per heavy atom. The number of nitrogens with one attached hydrogen (secondary N) is 1. The molecule has 2 fully saturated rings. The predicted molar refractivity (Wildman–Crippen MR) is 57.1 cm³/mol. The van der Waals surface area contributed by atoms with Crippen LogP contribution in [0, 0.1) is 5.92 Å². The van der Waals surface area contributed by atoms with Gasteiger partial charge in [0.05, 0.1) is 0 Å². The average molecular weight is 199 g/mol. The van der Waals surface area contributed by atoms with Gasteiger partial charge in [0.25, 0.3) is 0 Å². The zero-order valence-corrected chi connectivity index (χ0v) is 9.19. The molecule has 1 saturated carbocycles. The molecule has 2 unspecified atom stereocenters. The SMILES string of the molecule is CC1(C2CCCCCC2)NCCC1F. The molecule has 1 heterocycles. The molecule has 0 aromatic heterocycles. The molecule has 0 spiro atoms. The van der Waals surface area contributed by atoms with Gasteiger partial charge in [0.15, 0.2) is 0 Å². The molecular weight excluding hydrogens is 177 g/mol. The highest BCUT2D eigenvalue weighted by Crippen LogP contribution is 2.38. The minimum absolute atomic E-state index is 0.204. The van der Waals surface area contributed by atoms with Crippen molar-refractivity contribution in [3.8, 4) is 0 Å². The summed E-state index contributed by atoms with van der Waals surface area (Å²) in [4.78, 5) is 0. The number of alkyl halides is 1. The second-order valence-corrected chi connectivity index (χ2v) is 5.15. The van der Waals surface area contributed by atoms with E-state index in [4.69, 9.17) is 0 Å². The Morgan fingerprint density at radius 2 is 1.71 bits per heavy atom. The molecule has 1 nitrogen and oxygen atoms in total. The van der Waals surface area contributed by atoms with Gasteiger partial charge in [0, 0.05) is 5.54 Å². The van der Waals surface area contributed by atoms with Crippen molar-refractivity contribution in [3.63, 3.8) is 0 Å². The summed E-state index contributed by atoms with van der Waals surface area (Å²) in [5.41, 5.74) is -0.204. The number of hydrogen-bond donors (Lipinski definition) is 1. The Hall–Kier alpha value is -0.110. The van der Waals surface area contributed by atoms with Gasteiger partial charge < -0.3 is 5.32 Å². The van der Waals surface area contributed by atoms with Crippen LogP contribution in [0.3, 0.4) is 0 Å². The van der Waals surface area contributed by atoms with E-state index in [1.807, 2.05) is 0 Å². The van der Waals surface area contributed by atoms with Crippen molar-refractivity contribution in [2.75, 3.05) is 6.54 Å². The maximum Gasteiger partial charge on any atom is 0.119 e. The molecule has 2 heteroatoms. The highest BCUT2D eigenvalue weighted by atomic mass is 19.1. The van der Waals surface area contributed by atoms with Gasteiger partial charge in [-0.05, 0) is 38.6 Å². The van der Waals surface area contributed by atoms with Gasteiger partial charge in [0.2, 0.25) is 0 Å². The first-order valence-electron chi connectivity index (χ1n) is 6.12. The third-order valence-corrected chi connectivity index (χ3v) is 4.26. The predicted octanol–water partition coefficient (Wildman–Crippen LogP) is 3.05. The van der Waals surface area contributed by atoms with Gasteiger partial charge >= 0.3 is 0 Å². The van der Waals surface area contributed by atoms with Crippen molar-refractivity contribution in [2.24, 2.45) is 5.92 Å². The molecule has 82 valence electrons. The van der Waals surface area contributed by atoms with Crippen LogP contribution in [0.4, 0.5) is 4.39 Å². The van der Waals surface area contributed by atoms with Crippen LogP contribution in [-0.2, 0) is 0 Å². The smallest absolute Gasteiger partial charge is 0.119 e. The second kappa shape index (κ2) is 4.18. The van der Waals surface area contributed by atoms with Crippen LogP contribution in [0.15, 0.2) is 0 Å². The summed E-state index contributed by atoms with van der Waals surface area (Å²) in [7, 11) is 0. The van der Waals surface area contributed by atoms with E-state index in [1.165, 1.54) is 38.5 Å². The van der Waals surface area contributed by atoms with Crippen LogP contribution in [0.2, 0.25) is 0 Å². The molecule has 14 heavy (non-hydrogen) atoms. The molecule has 0 amide bonds. The topological polar surface area (TPSA) is 12.0 Å². The Bertz CT molecular complexity index is 187. The van der Waals surface area contributed by atoms with E-state index in [-0.39, 0.29) is 5.54 Å². The minimum Gasteiger partial charge on any atom is -0.309 e. The first-order chi connectivity index (χ1) is 6.73. The van der Waals surface area contributed by atoms with E-state index >= 15 is 0 Å². The van der Waals surface area contributed by atoms with Gasteiger partial charge in [-0.15, -0.1) is 0 Å². The fourth-order valence-electron chi connectivity index (χ4n) is 3.16. The summed E-state index contributed by atoms with van der Waals surface area (Å²) in [6.45, 7) is 2.97. The lowest BCUT2D eigenvalue weighted by Crippen LogP contribution is -2.49. The van der Waals surface area contributed by atoms with Crippen molar-refractivity contribution in [1.82, 2.24) is 5.32 Å². The summed E-state index contributed by atoms with van der Waals surface area (Å²) in [6.07, 6.45) is 7.85. The molecule has 0 aromatic rings. The standard InChI is InChI=1S/C12H22FN/c1-12(11(13)8-9-14-12)10-6-4-2-3-5-7-10/h10-11,14H,2-9H2,1H3. The van der Waals surface area contributed by atoms with Gasteiger partial charge in [0.1, 0.15) is 6.17 Å². The zero-order valence-electron chi connectivity index (χ0n) is 9.19. The third kappa shape index (κ3) is 1.81. The first kappa shape index (κ1) is 10.4. The highest BCUT2D eigenvalue weighted by Gasteiger charge is 2.44. The van der Waals surface area contributed by atoms with Crippen molar-refractivity contribution in [1.29, 1.82) is 0 Å². The lowest BCUT2D eigenvalue weighted by atomic mass is 9.78. The molecule has 1 aliphatic carbocycles. The number of halogens is 1. The minimum atomic E-state index is -0.620. The molecule has 2 rings (SSSR count). The lowest BCUT2D eigenvalue weighted by molar-refractivity contribution is 0.134. The molecule has 2 aliphatic rings. The molecule has 1 saturated heterocycles. The summed E-state index contributed by atoms with van der Waals surface area (Å²) in [5.74, 6) is 0.572. The Kier molecular flexibility index (Phi) is 3.10. The van der Waals surface area contributed by atoms with Crippen LogP contribution in [0.25, 0.3) is 0 Å². The molecule has 0 bridgehead atoms. The van der Waals surface area contributed by atoms with E-state index in [9.17, 15) is 4.39 Å². The average Bonchev–Trinajstić information content (AvgIpc) is 2.47. The normalized spacial score (nSPS) is 41.1. The van der Waals surface area contributed by atoms with Crippen molar-refractivity contribution < 1.29 is 4.39 Å². The molecule has 0 radical (unpaired) electrons. The Morgan fingerprint density at radius 1 is 1.07 bits per heavy atom. The maximum atomic E-state index is 13.8. The Balaban J connectivity index is 2.03. The molecular formula is C12H22FN. The lowest BCUT2D eigenvalue weighted by Gasteiger charge is -2.35. The van der Waals surface area contributed by atoms with Crippen LogP contribution in [0.1, 0.15) is 51.9 Å². The summed E-state index contributed by atoms with van der Waals surface area (Å²) in [5, 5.41) is 3.41. The summed E-state index contributed by atoms with van der Waals surface area (Å²) < 4.78 is 13.8. The molecule has 0 aromatic carbocycles. The van der Waals surface area contributed by atoms with Crippen LogP contribution >= 0.6 is 0 Å². The van der Waals surface area contributed by atoms with Crippen molar-refractivity contribution in [3.05, 3.63) is 0 Å². The van der Waals surface area contributed by atoms with E-state index < -0.39 is 6.17 Å². The fraction of sp³-hybridized carbons (Fsp3) is 1.00. The highest BCUT2D eigenvalue weighted by molar-refractivity contribution is 5.01. The summed E-state index contributed by atoms with van der Waals surface area (Å²) >= 11 is 0. The van der Waals surface area contributed by atoms with Crippen molar-refractivity contribution >= 4 is 0 Å². The van der Waals surface area contributed by atoms with Crippen LogP contribution < -0.4 is 5.32 Å². The van der Waals surface area contributed by atoms with Crippen LogP contribution in [0.5, 0.6) is 0 Å². The molecule has 2 atom stereocenters. The van der Waals surface area contributed by atoms with Gasteiger partial charge in [-0.3, -0.25) is 0 Å². The second-order valence-electron chi connectivity index (χ2n) is 5.15.